The van der Waals surface area contributed by atoms with Crippen LogP contribution in [-0.2, 0) is 17.9 Å². The van der Waals surface area contributed by atoms with Crippen molar-refractivity contribution in [3.8, 4) is 0 Å². The summed E-state index contributed by atoms with van der Waals surface area (Å²) in [7, 11) is 0. The molecule has 0 aliphatic heterocycles. The van der Waals surface area contributed by atoms with Gasteiger partial charge in [-0.2, -0.15) is 0 Å². The van der Waals surface area contributed by atoms with E-state index < -0.39 is 23.0 Å². The Morgan fingerprint density at radius 3 is 2.53 bits per heavy atom. The average Bonchev–Trinajstić information content (AvgIpc) is 2.76. The van der Waals surface area contributed by atoms with Crippen LogP contribution in [0, 0.1) is 12.7 Å². The number of carbonyl (C=O) groups excluding carboxylic acids is 1. The molecule has 0 bridgehead atoms. The van der Waals surface area contributed by atoms with Crippen LogP contribution in [0.3, 0.4) is 0 Å². The monoisotopic (exact) mass is 451 g/mol. The summed E-state index contributed by atoms with van der Waals surface area (Å²) in [5, 5.41) is 3.51. The highest BCUT2D eigenvalue weighted by Crippen LogP contribution is 2.16. The zero-order valence-electron chi connectivity index (χ0n) is 17.1. The summed E-state index contributed by atoms with van der Waals surface area (Å²) < 4.78 is 15.7. The number of fused-ring (bicyclic) bond motifs is 1. The van der Waals surface area contributed by atoms with E-state index in [9.17, 15) is 18.8 Å². The van der Waals surface area contributed by atoms with Crippen molar-refractivity contribution >= 4 is 34.1 Å². The molecule has 0 atom stereocenters. The quantitative estimate of drug-likeness (QED) is 0.499. The van der Waals surface area contributed by atoms with Gasteiger partial charge in [0.1, 0.15) is 12.4 Å². The smallest absolute Gasteiger partial charge is 0.324 e. The first-order valence-corrected chi connectivity index (χ1v) is 10.2. The molecule has 4 rings (SSSR count). The SMILES string of the molecule is Cc1cc(F)ccc1NC(=O)Cn1c(=O)n(Cc2cccc(Cl)c2)c(=O)c2ccccc21. The van der Waals surface area contributed by atoms with Crippen molar-refractivity contribution in [2.75, 3.05) is 5.32 Å². The molecule has 0 fully saturated rings. The van der Waals surface area contributed by atoms with Crippen molar-refractivity contribution in [2.45, 2.75) is 20.0 Å². The Kier molecular flexibility index (Phi) is 5.92. The minimum absolute atomic E-state index is 0.0156. The van der Waals surface area contributed by atoms with Crippen LogP contribution < -0.4 is 16.6 Å². The molecule has 162 valence electrons. The first-order valence-electron chi connectivity index (χ1n) is 9.86. The normalized spacial score (nSPS) is 11.0. The Hall–Kier alpha value is -3.71. The molecule has 4 aromatic rings. The number of hydrogen-bond acceptors (Lipinski definition) is 3. The minimum atomic E-state index is -0.611. The van der Waals surface area contributed by atoms with Gasteiger partial charge in [-0.1, -0.05) is 35.9 Å². The number of hydrogen-bond donors (Lipinski definition) is 1. The number of halogens is 2. The minimum Gasteiger partial charge on any atom is -0.324 e. The predicted molar refractivity (Wildman–Crippen MR) is 123 cm³/mol. The van der Waals surface area contributed by atoms with Crippen LogP contribution in [0.5, 0.6) is 0 Å². The number of benzene rings is 3. The second-order valence-corrected chi connectivity index (χ2v) is 7.85. The Morgan fingerprint density at radius 2 is 1.78 bits per heavy atom. The van der Waals surface area contributed by atoms with E-state index in [1.54, 1.807) is 55.5 Å². The summed E-state index contributed by atoms with van der Waals surface area (Å²) in [6, 6.07) is 17.5. The predicted octanol–water partition coefficient (Wildman–Crippen LogP) is 3.95. The molecule has 32 heavy (non-hydrogen) atoms. The summed E-state index contributed by atoms with van der Waals surface area (Å²) in [6.07, 6.45) is 0. The van der Waals surface area contributed by atoms with Gasteiger partial charge in [-0.3, -0.25) is 18.7 Å². The largest absolute Gasteiger partial charge is 0.332 e. The highest BCUT2D eigenvalue weighted by Gasteiger charge is 2.16. The fourth-order valence-electron chi connectivity index (χ4n) is 3.58. The van der Waals surface area contributed by atoms with E-state index in [1.807, 2.05) is 0 Å². The molecular formula is C24H19ClFN3O3. The van der Waals surface area contributed by atoms with Gasteiger partial charge in [0, 0.05) is 10.7 Å². The first-order chi connectivity index (χ1) is 15.3. The Labute approximate surface area is 187 Å². The lowest BCUT2D eigenvalue weighted by Crippen LogP contribution is -2.42. The second kappa shape index (κ2) is 8.80. The van der Waals surface area contributed by atoms with E-state index in [-0.39, 0.29) is 13.1 Å². The van der Waals surface area contributed by atoms with Gasteiger partial charge >= 0.3 is 5.69 Å². The van der Waals surface area contributed by atoms with E-state index in [2.05, 4.69) is 5.32 Å². The van der Waals surface area contributed by atoms with Crippen LogP contribution in [0.4, 0.5) is 10.1 Å². The third-order valence-electron chi connectivity index (χ3n) is 5.13. The number of rotatable bonds is 5. The lowest BCUT2D eigenvalue weighted by molar-refractivity contribution is -0.116. The van der Waals surface area contributed by atoms with Gasteiger partial charge < -0.3 is 5.32 Å². The molecule has 3 aromatic carbocycles. The summed E-state index contributed by atoms with van der Waals surface area (Å²) in [4.78, 5) is 39.0. The van der Waals surface area contributed by atoms with Gasteiger partial charge in [0.2, 0.25) is 5.91 Å². The van der Waals surface area contributed by atoms with E-state index in [4.69, 9.17) is 11.6 Å². The van der Waals surface area contributed by atoms with Crippen molar-refractivity contribution < 1.29 is 9.18 Å². The summed E-state index contributed by atoms with van der Waals surface area (Å²) in [6.45, 7) is 1.37. The van der Waals surface area contributed by atoms with Crippen molar-refractivity contribution in [3.63, 3.8) is 0 Å². The number of para-hydroxylation sites is 1. The Bertz CT molecular complexity index is 1460. The Balaban J connectivity index is 1.75. The summed E-state index contributed by atoms with van der Waals surface area (Å²) in [5.74, 6) is -0.879. The van der Waals surface area contributed by atoms with Gasteiger partial charge in [-0.05, 0) is 60.5 Å². The molecule has 6 nitrogen and oxygen atoms in total. The standard InChI is InChI=1S/C24H19ClFN3O3/c1-15-11-18(26)9-10-20(15)27-22(30)14-28-21-8-3-2-7-19(21)23(31)29(24(28)32)13-16-5-4-6-17(25)12-16/h2-12H,13-14H2,1H3,(H,27,30). The van der Waals surface area contributed by atoms with Crippen molar-refractivity contribution in [2.24, 2.45) is 0 Å². The maximum absolute atomic E-state index is 13.3. The number of aryl methyl sites for hydroxylation is 1. The van der Waals surface area contributed by atoms with Crippen LogP contribution >= 0.6 is 11.6 Å². The van der Waals surface area contributed by atoms with Gasteiger partial charge in [-0.25, -0.2) is 9.18 Å². The number of carbonyl (C=O) groups is 1. The highest BCUT2D eigenvalue weighted by molar-refractivity contribution is 6.30. The average molecular weight is 452 g/mol. The zero-order chi connectivity index (χ0) is 22.8. The maximum Gasteiger partial charge on any atom is 0.332 e. The molecule has 1 heterocycles. The molecule has 0 saturated heterocycles. The van der Waals surface area contributed by atoms with Gasteiger partial charge in [0.25, 0.3) is 5.56 Å². The number of nitrogens with zero attached hydrogens (tertiary/aromatic N) is 2. The van der Waals surface area contributed by atoms with E-state index >= 15 is 0 Å². The second-order valence-electron chi connectivity index (χ2n) is 7.41. The van der Waals surface area contributed by atoms with Crippen LogP contribution in [0.25, 0.3) is 10.9 Å². The molecule has 1 amide bonds. The number of aromatic nitrogens is 2. The molecule has 0 spiro atoms. The van der Waals surface area contributed by atoms with Crippen molar-refractivity contribution in [1.29, 1.82) is 0 Å². The van der Waals surface area contributed by atoms with Crippen LogP contribution in [-0.4, -0.2) is 15.0 Å². The highest BCUT2D eigenvalue weighted by atomic mass is 35.5. The lowest BCUT2D eigenvalue weighted by Gasteiger charge is -2.15. The number of anilines is 1. The molecule has 1 N–H and O–H groups in total. The van der Waals surface area contributed by atoms with Crippen LogP contribution in [0.1, 0.15) is 11.1 Å². The van der Waals surface area contributed by atoms with Crippen molar-refractivity contribution in [3.05, 3.63) is 110 Å². The van der Waals surface area contributed by atoms with E-state index in [1.165, 1.54) is 22.8 Å². The van der Waals surface area contributed by atoms with Gasteiger partial charge in [0.05, 0.1) is 17.4 Å². The lowest BCUT2D eigenvalue weighted by atomic mass is 10.2. The molecule has 0 aliphatic rings. The topological polar surface area (TPSA) is 73.1 Å². The van der Waals surface area contributed by atoms with Crippen molar-refractivity contribution in [1.82, 2.24) is 9.13 Å². The molecule has 0 radical (unpaired) electrons. The van der Waals surface area contributed by atoms with Crippen LogP contribution in [0.15, 0.2) is 76.3 Å². The fraction of sp³-hybridized carbons (Fsp3) is 0.125. The molecule has 0 saturated carbocycles. The third kappa shape index (κ3) is 4.33. The van der Waals surface area contributed by atoms with Crippen LogP contribution in [0.2, 0.25) is 5.02 Å². The summed E-state index contributed by atoms with van der Waals surface area (Å²) >= 11 is 6.04. The molecule has 0 unspecified atom stereocenters. The molecule has 1 aromatic heterocycles. The van der Waals surface area contributed by atoms with E-state index in [0.29, 0.717) is 32.7 Å². The first kappa shape index (κ1) is 21.5. The summed E-state index contributed by atoms with van der Waals surface area (Å²) in [5.41, 5.74) is 0.986. The van der Waals surface area contributed by atoms with E-state index in [0.717, 1.165) is 4.57 Å². The fourth-order valence-corrected chi connectivity index (χ4v) is 3.79. The molecular weight excluding hydrogens is 433 g/mol. The number of nitrogens with one attached hydrogen (secondary N) is 1. The third-order valence-corrected chi connectivity index (χ3v) is 5.36. The molecule has 0 aliphatic carbocycles. The maximum atomic E-state index is 13.3. The van der Waals surface area contributed by atoms with Gasteiger partial charge in [-0.15, -0.1) is 0 Å². The number of amides is 1. The Morgan fingerprint density at radius 1 is 1.00 bits per heavy atom. The van der Waals surface area contributed by atoms with Gasteiger partial charge in [0.15, 0.2) is 0 Å². The zero-order valence-corrected chi connectivity index (χ0v) is 17.9. The molecule has 8 heteroatoms.